The van der Waals surface area contributed by atoms with Crippen LogP contribution in [-0.4, -0.2) is 40.4 Å². The molecule has 12 atom stereocenters. The van der Waals surface area contributed by atoms with Gasteiger partial charge in [-0.2, -0.15) is 0 Å². The number of rotatable bonds is 6. The van der Waals surface area contributed by atoms with Crippen molar-refractivity contribution in [3.05, 3.63) is 48.6 Å². The van der Waals surface area contributed by atoms with E-state index in [1.165, 1.54) is 69.9 Å². The molecule has 3 spiro atoms. The molecule has 7 aliphatic rings. The summed E-state index contributed by atoms with van der Waals surface area (Å²) in [5, 5.41) is 10.3. The zero-order chi connectivity index (χ0) is 25.9. The predicted molar refractivity (Wildman–Crippen MR) is 151 cm³/mol. The van der Waals surface area contributed by atoms with Crippen LogP contribution < -0.4 is 0 Å². The van der Waals surface area contributed by atoms with Crippen molar-refractivity contribution in [1.82, 2.24) is 4.90 Å². The maximum Gasteiger partial charge on any atom is 0.0793 e. The average molecular weight is 516 g/mol. The van der Waals surface area contributed by atoms with E-state index in [0.717, 1.165) is 49.0 Å². The molecular formula is C35H49NO2. The van der Waals surface area contributed by atoms with E-state index in [1.807, 2.05) is 0 Å². The summed E-state index contributed by atoms with van der Waals surface area (Å²) in [6.07, 6.45) is 16.5. The number of nitrogens with zero attached hydrogens (tertiary/aromatic N) is 1. The van der Waals surface area contributed by atoms with E-state index in [2.05, 4.69) is 55.7 Å². The Kier molecular flexibility index (Phi) is 5.31. The topological polar surface area (TPSA) is 32.7 Å². The summed E-state index contributed by atoms with van der Waals surface area (Å²) in [5.74, 6) is 4.18. The second-order valence-corrected chi connectivity index (χ2v) is 15.5. The third kappa shape index (κ3) is 3.03. The molecule has 3 heteroatoms. The van der Waals surface area contributed by atoms with Crippen molar-refractivity contribution in [2.24, 2.45) is 45.8 Å². The minimum atomic E-state index is -0.339. The molecule has 2 aliphatic heterocycles. The van der Waals surface area contributed by atoms with Crippen LogP contribution in [0.2, 0.25) is 0 Å². The van der Waals surface area contributed by atoms with Gasteiger partial charge in [0.25, 0.3) is 0 Å². The molecule has 38 heavy (non-hydrogen) atoms. The number of piperidine rings is 1. The number of aliphatic hydroxyl groups excluding tert-OH is 1. The maximum atomic E-state index is 10.3. The molecule has 0 amide bonds. The molecule has 2 unspecified atom stereocenters. The van der Waals surface area contributed by atoms with Crippen molar-refractivity contribution in [3.63, 3.8) is 0 Å². The van der Waals surface area contributed by atoms with Gasteiger partial charge in [0.2, 0.25) is 0 Å². The van der Waals surface area contributed by atoms with E-state index in [9.17, 15) is 5.11 Å². The van der Waals surface area contributed by atoms with Gasteiger partial charge in [-0.25, -0.2) is 0 Å². The lowest BCUT2D eigenvalue weighted by Crippen LogP contribution is -2.64. The molecule has 206 valence electrons. The number of ether oxygens (including phenoxy) is 1. The summed E-state index contributed by atoms with van der Waals surface area (Å²) >= 11 is 0. The molecule has 1 aromatic carbocycles. The Morgan fingerprint density at radius 2 is 1.97 bits per heavy atom. The van der Waals surface area contributed by atoms with Crippen molar-refractivity contribution in [2.45, 2.75) is 115 Å². The largest absolute Gasteiger partial charge is 0.389 e. The minimum absolute atomic E-state index is 0.181. The van der Waals surface area contributed by atoms with Gasteiger partial charge in [0.1, 0.15) is 0 Å². The second kappa shape index (κ2) is 8.20. The van der Waals surface area contributed by atoms with Gasteiger partial charge in [0.15, 0.2) is 0 Å². The van der Waals surface area contributed by atoms with Crippen LogP contribution in [0.3, 0.4) is 0 Å². The summed E-state index contributed by atoms with van der Waals surface area (Å²) in [5.41, 5.74) is 3.10. The molecular weight excluding hydrogens is 466 g/mol. The van der Waals surface area contributed by atoms with E-state index in [4.69, 9.17) is 4.74 Å². The molecule has 1 aromatic rings. The summed E-state index contributed by atoms with van der Waals surface area (Å²) in [6, 6.07) is 11.8. The van der Waals surface area contributed by atoms with Crippen LogP contribution in [0.1, 0.15) is 90.0 Å². The molecule has 0 aromatic heterocycles. The highest BCUT2D eigenvalue weighted by Gasteiger charge is 2.91. The van der Waals surface area contributed by atoms with E-state index in [0.29, 0.717) is 28.4 Å². The molecule has 0 radical (unpaired) electrons. The van der Waals surface area contributed by atoms with Gasteiger partial charge in [0, 0.05) is 30.5 Å². The fourth-order valence-electron chi connectivity index (χ4n) is 12.6. The van der Waals surface area contributed by atoms with Gasteiger partial charge >= 0.3 is 0 Å². The minimum Gasteiger partial charge on any atom is -0.389 e. The molecule has 1 N–H and O–H groups in total. The first kappa shape index (κ1) is 24.6. The average Bonchev–Trinajstić information content (AvgIpc) is 3.39. The van der Waals surface area contributed by atoms with Gasteiger partial charge in [-0.3, -0.25) is 4.90 Å². The SMILES string of the molecule is C=C[C@@H](O)CC[C@@]1(C)CCC[C@H]2[C@@H]3CC[C@@]45O[C@@H]6C[C@H](C)CN(Cc7ccccc7)[C@H]6[C@H]4CC54CC34C[C@@H]21. The van der Waals surface area contributed by atoms with Crippen LogP contribution in [0.15, 0.2) is 43.0 Å². The fourth-order valence-corrected chi connectivity index (χ4v) is 12.6. The Balaban J connectivity index is 1.06. The maximum absolute atomic E-state index is 10.3. The fraction of sp³-hybridized carbons (Fsp3) is 0.771. The Bertz CT molecular complexity index is 1100. The third-order valence-electron chi connectivity index (χ3n) is 14.0. The highest BCUT2D eigenvalue weighted by Crippen LogP contribution is 2.93. The summed E-state index contributed by atoms with van der Waals surface area (Å²) in [4.78, 5) is 2.85. The Morgan fingerprint density at radius 3 is 2.79 bits per heavy atom. The number of aliphatic hydroxyl groups is 1. The second-order valence-electron chi connectivity index (χ2n) is 15.5. The molecule has 7 fully saturated rings. The first-order chi connectivity index (χ1) is 18.3. The van der Waals surface area contributed by atoms with Crippen LogP contribution in [-0.2, 0) is 11.3 Å². The van der Waals surface area contributed by atoms with Gasteiger partial charge in [0.05, 0.1) is 17.8 Å². The Hall–Kier alpha value is -1.16. The third-order valence-corrected chi connectivity index (χ3v) is 14.0. The normalized spacial score (nSPS) is 52.9. The lowest BCUT2D eigenvalue weighted by molar-refractivity contribution is -0.211. The van der Waals surface area contributed by atoms with Crippen molar-refractivity contribution in [1.29, 1.82) is 0 Å². The number of hydrogen-bond donors (Lipinski definition) is 1. The van der Waals surface area contributed by atoms with E-state index < -0.39 is 0 Å². The molecule has 3 nitrogen and oxygen atoms in total. The first-order valence-corrected chi connectivity index (χ1v) is 16.1. The molecule has 5 aliphatic carbocycles. The highest BCUT2D eigenvalue weighted by atomic mass is 16.5. The number of likely N-dealkylation sites (tertiary alicyclic amines) is 1. The smallest absolute Gasteiger partial charge is 0.0793 e. The zero-order valence-electron chi connectivity index (χ0n) is 23.8. The number of benzene rings is 1. The molecule has 8 rings (SSSR count). The summed E-state index contributed by atoms with van der Waals surface area (Å²) < 4.78 is 7.45. The lowest BCUT2D eigenvalue weighted by atomic mass is 9.47. The van der Waals surface area contributed by atoms with Crippen LogP contribution in [0.25, 0.3) is 0 Å². The van der Waals surface area contributed by atoms with Crippen molar-refractivity contribution >= 4 is 0 Å². The quantitative estimate of drug-likeness (QED) is 0.414. The Morgan fingerprint density at radius 1 is 1.13 bits per heavy atom. The van der Waals surface area contributed by atoms with E-state index >= 15 is 0 Å². The van der Waals surface area contributed by atoms with Crippen LogP contribution >= 0.6 is 0 Å². The predicted octanol–water partition coefficient (Wildman–Crippen LogP) is 6.99. The standard InChI is InChI=1S/C35H49NO2/c1-4-25(37)12-15-32(3)14-8-11-26-27-13-16-35-29(19-34(35)22-33(27,34)18-28(26)32)31-30(38-35)17-23(2)20-36(31)21-24-9-6-5-7-10-24/h4-7,9-10,23,25-31,37H,1,8,11-22H2,2-3H3/t23-,25+,26-,27-,28-,29+,30+,31-,32+,33?,34?,35+/m0/s1. The van der Waals surface area contributed by atoms with E-state index in [1.54, 1.807) is 6.08 Å². The number of fused-ring (bicyclic) bond motifs is 4. The van der Waals surface area contributed by atoms with Gasteiger partial charge in [-0.05, 0) is 104 Å². The van der Waals surface area contributed by atoms with Crippen LogP contribution in [0, 0.1) is 45.8 Å². The van der Waals surface area contributed by atoms with Crippen LogP contribution in [0.5, 0.6) is 0 Å². The Labute approximate surface area is 230 Å². The molecule has 5 saturated carbocycles. The van der Waals surface area contributed by atoms with Gasteiger partial charge in [-0.1, -0.05) is 56.7 Å². The molecule has 2 heterocycles. The summed E-state index contributed by atoms with van der Waals surface area (Å²) in [7, 11) is 0. The highest BCUT2D eigenvalue weighted by molar-refractivity contribution is 5.40. The van der Waals surface area contributed by atoms with Gasteiger partial charge in [-0.15, -0.1) is 6.58 Å². The lowest BCUT2D eigenvalue weighted by Gasteiger charge is -2.60. The van der Waals surface area contributed by atoms with E-state index in [-0.39, 0.29) is 11.7 Å². The van der Waals surface area contributed by atoms with Crippen molar-refractivity contribution in [2.75, 3.05) is 6.54 Å². The number of hydrogen-bond acceptors (Lipinski definition) is 3. The van der Waals surface area contributed by atoms with Gasteiger partial charge < -0.3 is 9.84 Å². The van der Waals surface area contributed by atoms with Crippen molar-refractivity contribution in [3.8, 4) is 0 Å². The monoisotopic (exact) mass is 515 g/mol. The van der Waals surface area contributed by atoms with Crippen molar-refractivity contribution < 1.29 is 9.84 Å². The first-order valence-electron chi connectivity index (χ1n) is 16.1. The summed E-state index contributed by atoms with van der Waals surface area (Å²) in [6.45, 7) is 11.2. The molecule has 2 saturated heterocycles. The van der Waals surface area contributed by atoms with Crippen LogP contribution in [0.4, 0.5) is 0 Å². The zero-order valence-corrected chi connectivity index (χ0v) is 23.8. The molecule has 0 bridgehead atoms.